The zero-order valence-corrected chi connectivity index (χ0v) is 23.2. The monoisotopic (exact) mass is 502 g/mol. The Kier molecular flexibility index (Phi) is 18.6. The van der Waals surface area contributed by atoms with Gasteiger partial charge in [0.15, 0.2) is 17.5 Å². The van der Waals surface area contributed by atoms with Crippen molar-refractivity contribution in [1.29, 1.82) is 0 Å². The lowest BCUT2D eigenvalue weighted by atomic mass is 9.94. The van der Waals surface area contributed by atoms with E-state index >= 15 is 0 Å². The summed E-state index contributed by atoms with van der Waals surface area (Å²) in [6, 6.07) is 6.80. The van der Waals surface area contributed by atoms with Crippen molar-refractivity contribution in [2.75, 3.05) is 13.2 Å². The molecule has 1 rings (SSSR count). The quantitative estimate of drug-likeness (QED) is 0.0651. The van der Waals surface area contributed by atoms with Crippen LogP contribution in [0.25, 0.3) is 0 Å². The standard InChI is InChI=1S/C31H50O5/c1-4-6-7-8-9-10-11-12-13-14-15-16-17-18-19-22-25-36-28-24-21-20-23-27(28)30(33)29(26(3)32)31(34)35-5-2/h20-21,23-24,29H,4-19,22,25H2,1-3H3/t29-/m0/s1. The maximum absolute atomic E-state index is 12.9. The molecule has 0 saturated heterocycles. The molecule has 0 unspecified atom stereocenters. The lowest BCUT2D eigenvalue weighted by Gasteiger charge is -2.15. The third kappa shape index (κ3) is 13.8. The van der Waals surface area contributed by atoms with Crippen LogP contribution in [-0.4, -0.2) is 30.7 Å². The second-order valence-electron chi connectivity index (χ2n) is 9.81. The second kappa shape index (κ2) is 21.0. The van der Waals surface area contributed by atoms with Crippen LogP contribution in [0.5, 0.6) is 5.75 Å². The molecule has 0 amide bonds. The van der Waals surface area contributed by atoms with Gasteiger partial charge in [-0.05, 0) is 32.4 Å². The number of esters is 1. The summed E-state index contributed by atoms with van der Waals surface area (Å²) in [7, 11) is 0. The third-order valence-electron chi connectivity index (χ3n) is 6.60. The Hall–Kier alpha value is -2.17. The third-order valence-corrected chi connectivity index (χ3v) is 6.60. The first-order valence-electron chi connectivity index (χ1n) is 14.5. The van der Waals surface area contributed by atoms with Crippen molar-refractivity contribution in [1.82, 2.24) is 0 Å². The highest BCUT2D eigenvalue weighted by Gasteiger charge is 2.34. The fraction of sp³-hybridized carbons (Fsp3) is 0.710. The molecule has 5 heteroatoms. The van der Waals surface area contributed by atoms with Gasteiger partial charge in [-0.1, -0.05) is 115 Å². The van der Waals surface area contributed by atoms with Crippen molar-refractivity contribution in [2.45, 2.75) is 124 Å². The molecule has 0 N–H and O–H groups in total. The van der Waals surface area contributed by atoms with Gasteiger partial charge >= 0.3 is 5.97 Å². The Balaban J connectivity index is 2.17. The van der Waals surface area contributed by atoms with Crippen LogP contribution in [0, 0.1) is 5.92 Å². The molecule has 0 spiro atoms. The van der Waals surface area contributed by atoms with E-state index in [1.807, 2.05) is 0 Å². The molecule has 1 aromatic rings. The Labute approximate surface area is 219 Å². The summed E-state index contributed by atoms with van der Waals surface area (Å²) in [6.07, 6.45) is 21.0. The molecule has 0 fully saturated rings. The van der Waals surface area contributed by atoms with Gasteiger partial charge in [-0.15, -0.1) is 0 Å². The van der Waals surface area contributed by atoms with E-state index in [9.17, 15) is 14.4 Å². The maximum Gasteiger partial charge on any atom is 0.324 e. The molecule has 0 bridgehead atoms. The number of Topliss-reactive ketones (excluding diaryl/α,β-unsaturated/α-hetero) is 2. The van der Waals surface area contributed by atoms with Gasteiger partial charge < -0.3 is 9.47 Å². The van der Waals surface area contributed by atoms with Crippen LogP contribution in [0.15, 0.2) is 24.3 Å². The highest BCUT2D eigenvalue weighted by molar-refractivity contribution is 6.22. The zero-order chi connectivity index (χ0) is 26.4. The largest absolute Gasteiger partial charge is 0.493 e. The highest BCUT2D eigenvalue weighted by atomic mass is 16.5. The summed E-state index contributed by atoms with van der Waals surface area (Å²) < 4.78 is 10.8. The van der Waals surface area contributed by atoms with Gasteiger partial charge in [0.2, 0.25) is 0 Å². The van der Waals surface area contributed by atoms with Crippen LogP contribution >= 0.6 is 0 Å². The minimum atomic E-state index is -1.44. The average molecular weight is 503 g/mol. The summed E-state index contributed by atoms with van der Waals surface area (Å²) in [4.78, 5) is 37.0. The van der Waals surface area contributed by atoms with Gasteiger partial charge in [-0.3, -0.25) is 14.4 Å². The number of carbonyl (C=O) groups excluding carboxylic acids is 3. The summed E-state index contributed by atoms with van der Waals surface area (Å²) in [5.41, 5.74) is 0.252. The first-order chi connectivity index (χ1) is 17.5. The predicted molar refractivity (Wildman–Crippen MR) is 147 cm³/mol. The minimum Gasteiger partial charge on any atom is -0.493 e. The van der Waals surface area contributed by atoms with Crippen molar-refractivity contribution in [2.24, 2.45) is 5.92 Å². The molecule has 0 heterocycles. The Morgan fingerprint density at radius 2 is 1.17 bits per heavy atom. The van der Waals surface area contributed by atoms with E-state index in [1.54, 1.807) is 31.2 Å². The van der Waals surface area contributed by atoms with Crippen molar-refractivity contribution in [3.05, 3.63) is 29.8 Å². The summed E-state index contributed by atoms with van der Waals surface area (Å²) in [6.45, 7) is 5.78. The molecule has 0 aliphatic rings. The minimum absolute atomic E-state index is 0.118. The molecule has 0 aliphatic heterocycles. The van der Waals surface area contributed by atoms with E-state index in [1.165, 1.54) is 96.8 Å². The molecule has 5 nitrogen and oxygen atoms in total. The van der Waals surface area contributed by atoms with Crippen LogP contribution in [-0.2, 0) is 14.3 Å². The fourth-order valence-electron chi connectivity index (χ4n) is 4.47. The number of para-hydroxylation sites is 1. The lowest BCUT2D eigenvalue weighted by molar-refractivity contribution is -0.148. The second-order valence-corrected chi connectivity index (χ2v) is 9.81. The summed E-state index contributed by atoms with van der Waals surface area (Å²) >= 11 is 0. The molecule has 0 aliphatic carbocycles. The first kappa shape index (κ1) is 31.9. The number of unbranched alkanes of at least 4 members (excludes halogenated alkanes) is 15. The maximum atomic E-state index is 12.9. The van der Waals surface area contributed by atoms with Crippen molar-refractivity contribution >= 4 is 17.5 Å². The van der Waals surface area contributed by atoms with Gasteiger partial charge in [0.05, 0.1) is 18.8 Å². The van der Waals surface area contributed by atoms with Crippen LogP contribution in [0.4, 0.5) is 0 Å². The lowest BCUT2D eigenvalue weighted by Crippen LogP contribution is -2.32. The number of hydrogen-bond acceptors (Lipinski definition) is 5. The SMILES string of the molecule is CCCCCCCCCCCCCCCCCCOc1ccccc1C(=O)[C@H](C(C)=O)C(=O)OCC. The summed E-state index contributed by atoms with van der Waals surface area (Å²) in [5, 5.41) is 0. The fourth-order valence-corrected chi connectivity index (χ4v) is 4.47. The summed E-state index contributed by atoms with van der Waals surface area (Å²) in [5.74, 6) is -2.92. The van der Waals surface area contributed by atoms with Crippen LogP contribution in [0.3, 0.4) is 0 Å². The number of benzene rings is 1. The van der Waals surface area contributed by atoms with E-state index in [-0.39, 0.29) is 12.2 Å². The molecular weight excluding hydrogens is 452 g/mol. The van der Waals surface area contributed by atoms with Crippen molar-refractivity contribution in [3.63, 3.8) is 0 Å². The van der Waals surface area contributed by atoms with Crippen LogP contribution in [0.2, 0.25) is 0 Å². The van der Waals surface area contributed by atoms with Gasteiger partial charge in [-0.2, -0.15) is 0 Å². The Bertz CT molecular complexity index is 742. The van der Waals surface area contributed by atoms with Crippen molar-refractivity contribution < 1.29 is 23.9 Å². The molecule has 1 atom stereocenters. The number of ether oxygens (including phenoxy) is 2. The molecule has 0 radical (unpaired) electrons. The Morgan fingerprint density at radius 1 is 0.694 bits per heavy atom. The van der Waals surface area contributed by atoms with E-state index < -0.39 is 23.5 Å². The Morgan fingerprint density at radius 3 is 1.64 bits per heavy atom. The average Bonchev–Trinajstić information content (AvgIpc) is 2.86. The van der Waals surface area contributed by atoms with Gasteiger partial charge in [0.1, 0.15) is 5.75 Å². The van der Waals surface area contributed by atoms with Crippen molar-refractivity contribution in [3.8, 4) is 5.75 Å². The normalized spacial score (nSPS) is 11.8. The van der Waals surface area contributed by atoms with E-state index in [0.29, 0.717) is 12.4 Å². The zero-order valence-electron chi connectivity index (χ0n) is 23.2. The molecule has 0 aromatic heterocycles. The molecular formula is C31H50O5. The van der Waals surface area contributed by atoms with Gasteiger partial charge in [0.25, 0.3) is 0 Å². The predicted octanol–water partition coefficient (Wildman–Crippen LogP) is 8.28. The van der Waals surface area contributed by atoms with Gasteiger partial charge in [-0.25, -0.2) is 0 Å². The molecule has 204 valence electrons. The first-order valence-corrected chi connectivity index (χ1v) is 14.5. The number of rotatable bonds is 23. The van der Waals surface area contributed by atoms with Gasteiger partial charge in [0, 0.05) is 0 Å². The smallest absolute Gasteiger partial charge is 0.324 e. The number of carbonyl (C=O) groups is 3. The van der Waals surface area contributed by atoms with E-state index in [0.717, 1.165) is 12.8 Å². The molecule has 1 aromatic carbocycles. The number of hydrogen-bond donors (Lipinski definition) is 0. The van der Waals surface area contributed by atoms with Crippen LogP contribution < -0.4 is 4.74 Å². The molecule has 36 heavy (non-hydrogen) atoms. The number of ketones is 2. The van der Waals surface area contributed by atoms with E-state index in [4.69, 9.17) is 9.47 Å². The highest BCUT2D eigenvalue weighted by Crippen LogP contribution is 2.23. The van der Waals surface area contributed by atoms with E-state index in [2.05, 4.69) is 6.92 Å². The van der Waals surface area contributed by atoms with Crippen LogP contribution in [0.1, 0.15) is 134 Å². The molecule has 0 saturated carbocycles. The topological polar surface area (TPSA) is 69.7 Å².